The largest absolute Gasteiger partial charge is 0.352 e. The molecule has 2 atom stereocenters. The minimum absolute atomic E-state index is 0.0543. The second kappa shape index (κ2) is 13.8. The fourth-order valence-electron chi connectivity index (χ4n) is 4.11. The third-order valence-electron chi connectivity index (χ3n) is 6.59. The van der Waals surface area contributed by atoms with Crippen molar-refractivity contribution >= 4 is 43.5 Å². The number of aryl methyl sites for hydroxylation is 1. The minimum Gasteiger partial charge on any atom is -0.352 e. The lowest BCUT2D eigenvalue weighted by Gasteiger charge is -2.33. The van der Waals surface area contributed by atoms with Gasteiger partial charge in [0.25, 0.3) is 10.0 Å². The lowest BCUT2D eigenvalue weighted by molar-refractivity contribution is -0.140. The van der Waals surface area contributed by atoms with E-state index in [0.717, 1.165) is 26.3 Å². The van der Waals surface area contributed by atoms with Crippen LogP contribution in [0.1, 0.15) is 44.7 Å². The van der Waals surface area contributed by atoms with Gasteiger partial charge in [-0.2, -0.15) is 0 Å². The molecule has 208 valence electrons. The number of nitrogens with one attached hydrogen (secondary N) is 1. The number of hydrogen-bond acceptors (Lipinski definition) is 4. The number of anilines is 1. The summed E-state index contributed by atoms with van der Waals surface area (Å²) in [6.07, 6.45) is 1.13. The van der Waals surface area contributed by atoms with Crippen LogP contribution in [0.15, 0.2) is 88.2 Å². The highest BCUT2D eigenvalue weighted by Gasteiger charge is 2.33. The molecule has 3 aromatic carbocycles. The number of sulfonamides is 1. The van der Waals surface area contributed by atoms with Crippen LogP contribution in [0.5, 0.6) is 0 Å². The van der Waals surface area contributed by atoms with Gasteiger partial charge < -0.3 is 10.2 Å². The first-order chi connectivity index (χ1) is 18.6. The fraction of sp³-hybridized carbons (Fsp3) is 0.333. The maximum absolute atomic E-state index is 14.0. The Morgan fingerprint density at radius 3 is 2.08 bits per heavy atom. The smallest absolute Gasteiger partial charge is 0.264 e. The third-order valence-corrected chi connectivity index (χ3v) is 8.90. The van der Waals surface area contributed by atoms with Crippen molar-refractivity contribution in [1.82, 2.24) is 10.2 Å². The molecule has 3 aromatic rings. The number of nitrogens with zero attached hydrogens (tertiary/aromatic N) is 2. The summed E-state index contributed by atoms with van der Waals surface area (Å²) in [5, 5.41) is 2.98. The molecule has 0 saturated heterocycles. The molecule has 0 spiro atoms. The first-order valence-corrected chi connectivity index (χ1v) is 15.3. The third kappa shape index (κ3) is 7.92. The van der Waals surface area contributed by atoms with Crippen molar-refractivity contribution in [2.24, 2.45) is 0 Å². The Morgan fingerprint density at radius 1 is 0.897 bits per heavy atom. The van der Waals surface area contributed by atoms with Crippen LogP contribution in [-0.2, 0) is 26.2 Å². The van der Waals surface area contributed by atoms with Crippen LogP contribution >= 0.6 is 15.9 Å². The van der Waals surface area contributed by atoms with E-state index in [2.05, 4.69) is 21.2 Å². The molecular formula is C30H36BrN3O4S. The van der Waals surface area contributed by atoms with Crippen molar-refractivity contribution in [3.05, 3.63) is 94.5 Å². The Balaban J connectivity index is 2.04. The van der Waals surface area contributed by atoms with E-state index in [1.807, 2.05) is 58.0 Å². The van der Waals surface area contributed by atoms with Crippen LogP contribution in [0.4, 0.5) is 5.69 Å². The van der Waals surface area contributed by atoms with Gasteiger partial charge in [-0.1, -0.05) is 77.8 Å². The van der Waals surface area contributed by atoms with Gasteiger partial charge >= 0.3 is 0 Å². The van der Waals surface area contributed by atoms with E-state index < -0.39 is 28.5 Å². The van der Waals surface area contributed by atoms with Gasteiger partial charge in [-0.25, -0.2) is 8.42 Å². The van der Waals surface area contributed by atoms with Crippen LogP contribution < -0.4 is 9.62 Å². The van der Waals surface area contributed by atoms with Crippen molar-refractivity contribution < 1.29 is 18.0 Å². The van der Waals surface area contributed by atoms with Crippen molar-refractivity contribution in [3.8, 4) is 0 Å². The van der Waals surface area contributed by atoms with Gasteiger partial charge in [-0.15, -0.1) is 0 Å². The standard InChI is InChI=1S/C30H36BrN3O4S/c1-5-23(4)32-30(36)28(6-2)33(20-24-10-8-7-9-11-24)29(35)21-34(26-16-14-25(31)15-17-26)39(37,38)27-18-12-22(3)13-19-27/h7-19,23,28H,5-6,20-21H2,1-4H3,(H,32,36)/t23-,28-/m0/s1. The van der Waals surface area contributed by atoms with Crippen LogP contribution in [0.3, 0.4) is 0 Å². The summed E-state index contributed by atoms with van der Waals surface area (Å²) in [5.74, 6) is -0.726. The number of amides is 2. The molecule has 0 fully saturated rings. The van der Waals surface area contributed by atoms with E-state index >= 15 is 0 Å². The molecule has 9 heteroatoms. The Labute approximate surface area is 240 Å². The van der Waals surface area contributed by atoms with Crippen LogP contribution in [0, 0.1) is 6.92 Å². The predicted molar refractivity (Wildman–Crippen MR) is 159 cm³/mol. The molecule has 2 amide bonds. The van der Waals surface area contributed by atoms with Crippen molar-refractivity contribution in [3.63, 3.8) is 0 Å². The average molecular weight is 615 g/mol. The van der Waals surface area contributed by atoms with Crippen LogP contribution in [-0.4, -0.2) is 43.8 Å². The topological polar surface area (TPSA) is 86.8 Å². The second-order valence-electron chi connectivity index (χ2n) is 9.55. The first-order valence-electron chi connectivity index (χ1n) is 13.1. The molecular weight excluding hydrogens is 578 g/mol. The normalized spacial score (nSPS) is 12.8. The molecule has 0 saturated carbocycles. The highest BCUT2D eigenvalue weighted by atomic mass is 79.9. The number of carbonyl (C=O) groups is 2. The summed E-state index contributed by atoms with van der Waals surface area (Å²) in [6, 6.07) is 21.9. The SMILES string of the molecule is CC[C@H](C)NC(=O)[C@H](CC)N(Cc1ccccc1)C(=O)CN(c1ccc(Br)cc1)S(=O)(=O)c1ccc(C)cc1. The average Bonchev–Trinajstić information content (AvgIpc) is 2.92. The van der Waals surface area contributed by atoms with Crippen molar-refractivity contribution in [2.45, 2.75) is 64.1 Å². The van der Waals surface area contributed by atoms with Crippen molar-refractivity contribution in [2.75, 3.05) is 10.8 Å². The number of hydrogen-bond donors (Lipinski definition) is 1. The molecule has 39 heavy (non-hydrogen) atoms. The summed E-state index contributed by atoms with van der Waals surface area (Å²) < 4.78 is 29.6. The quantitative estimate of drug-likeness (QED) is 0.285. The highest BCUT2D eigenvalue weighted by Crippen LogP contribution is 2.26. The lowest BCUT2D eigenvalue weighted by Crippen LogP contribution is -2.53. The summed E-state index contributed by atoms with van der Waals surface area (Å²) in [4.78, 5) is 28.9. The van der Waals surface area contributed by atoms with Gasteiger partial charge in [0, 0.05) is 17.1 Å². The Morgan fingerprint density at radius 2 is 1.51 bits per heavy atom. The summed E-state index contributed by atoms with van der Waals surface area (Å²) >= 11 is 3.39. The highest BCUT2D eigenvalue weighted by molar-refractivity contribution is 9.10. The van der Waals surface area contributed by atoms with E-state index in [0.29, 0.717) is 12.1 Å². The molecule has 7 nitrogen and oxygen atoms in total. The van der Waals surface area contributed by atoms with Crippen LogP contribution in [0.2, 0.25) is 0 Å². The first kappa shape index (κ1) is 30.4. The lowest BCUT2D eigenvalue weighted by atomic mass is 10.1. The number of benzene rings is 3. The zero-order chi connectivity index (χ0) is 28.6. The zero-order valence-electron chi connectivity index (χ0n) is 22.8. The molecule has 3 rings (SSSR count). The predicted octanol–water partition coefficient (Wildman–Crippen LogP) is 5.67. The second-order valence-corrected chi connectivity index (χ2v) is 12.3. The molecule has 0 aliphatic carbocycles. The van der Waals surface area contributed by atoms with Crippen molar-refractivity contribution in [1.29, 1.82) is 0 Å². The Kier molecular flexibility index (Phi) is 10.7. The summed E-state index contributed by atoms with van der Waals surface area (Å²) in [7, 11) is -4.09. The Bertz CT molecular complexity index is 1350. The molecule has 1 N–H and O–H groups in total. The number of rotatable bonds is 12. The Hall–Kier alpha value is -3.17. The summed E-state index contributed by atoms with van der Waals surface area (Å²) in [5.41, 5.74) is 2.12. The van der Waals surface area contributed by atoms with Gasteiger partial charge in [0.15, 0.2) is 0 Å². The van der Waals surface area contributed by atoms with Gasteiger partial charge in [0.05, 0.1) is 10.6 Å². The summed E-state index contributed by atoms with van der Waals surface area (Å²) in [6.45, 7) is 7.33. The molecule has 0 unspecified atom stereocenters. The van der Waals surface area contributed by atoms with Gasteiger partial charge in [-0.3, -0.25) is 13.9 Å². The van der Waals surface area contributed by atoms with E-state index in [9.17, 15) is 18.0 Å². The molecule has 0 aromatic heterocycles. The molecule has 0 aliphatic rings. The van der Waals surface area contributed by atoms with Crippen LogP contribution in [0.25, 0.3) is 0 Å². The number of carbonyl (C=O) groups excluding carboxylic acids is 2. The zero-order valence-corrected chi connectivity index (χ0v) is 25.2. The van der Waals surface area contributed by atoms with Gasteiger partial charge in [0.1, 0.15) is 12.6 Å². The molecule has 0 radical (unpaired) electrons. The minimum atomic E-state index is -4.09. The maximum Gasteiger partial charge on any atom is 0.264 e. The molecule has 0 bridgehead atoms. The monoisotopic (exact) mass is 613 g/mol. The van der Waals surface area contributed by atoms with Gasteiger partial charge in [0.2, 0.25) is 11.8 Å². The maximum atomic E-state index is 14.0. The molecule has 0 heterocycles. The van der Waals surface area contributed by atoms with E-state index in [1.54, 1.807) is 36.4 Å². The van der Waals surface area contributed by atoms with E-state index in [1.165, 1.54) is 17.0 Å². The van der Waals surface area contributed by atoms with E-state index in [4.69, 9.17) is 0 Å². The van der Waals surface area contributed by atoms with Gasteiger partial charge in [-0.05, 0) is 68.7 Å². The fourth-order valence-corrected chi connectivity index (χ4v) is 5.79. The van der Waals surface area contributed by atoms with E-state index in [-0.39, 0.29) is 23.4 Å². The molecule has 0 aliphatic heterocycles. The number of halogens is 1.